The average Bonchev–Trinajstić information content (AvgIpc) is 3.01. The van der Waals surface area contributed by atoms with E-state index in [1.165, 1.54) is 5.48 Å². The number of hydroxylamine groups is 1. The molecule has 1 amide bonds. The molecule has 108 valence electrons. The molecule has 1 aliphatic heterocycles. The number of hydrogen-bond acceptors (Lipinski definition) is 4. The van der Waals surface area contributed by atoms with Crippen LogP contribution in [0.4, 0.5) is 4.39 Å². The van der Waals surface area contributed by atoms with Gasteiger partial charge in [0.15, 0.2) is 11.5 Å². The molecule has 0 saturated heterocycles. The lowest BCUT2D eigenvalue weighted by atomic mass is 10.1. The molecule has 0 radical (unpaired) electrons. The molecular formula is C13H13ClFNO4. The predicted molar refractivity (Wildman–Crippen MR) is 68.1 cm³/mol. The van der Waals surface area contributed by atoms with Crippen molar-refractivity contribution in [1.82, 2.24) is 5.48 Å². The highest BCUT2D eigenvalue weighted by molar-refractivity contribution is 6.32. The number of fused-ring (bicyclic) bond motifs is 1. The summed E-state index contributed by atoms with van der Waals surface area (Å²) in [5.41, 5.74) is -0.198. The first-order valence-corrected chi connectivity index (χ1v) is 6.60. The Hall–Kier alpha value is -1.53. The molecule has 7 heteroatoms. The summed E-state index contributed by atoms with van der Waals surface area (Å²) in [4.78, 5) is 11.4. The molecule has 3 atom stereocenters. The molecule has 3 rings (SSSR count). The summed E-state index contributed by atoms with van der Waals surface area (Å²) in [6.45, 7) is 2.40. The number of rotatable bonds is 2. The quantitative estimate of drug-likeness (QED) is 0.648. The third-order valence-corrected chi connectivity index (χ3v) is 4.21. The van der Waals surface area contributed by atoms with Crippen LogP contribution in [-0.2, 0) is 4.79 Å². The number of ether oxygens (including phenoxy) is 2. The Labute approximate surface area is 119 Å². The molecule has 0 bridgehead atoms. The van der Waals surface area contributed by atoms with Crippen molar-refractivity contribution in [1.29, 1.82) is 0 Å². The van der Waals surface area contributed by atoms with E-state index in [1.807, 2.05) is 0 Å². The summed E-state index contributed by atoms with van der Waals surface area (Å²) in [6, 6.07) is 3.20. The summed E-state index contributed by atoms with van der Waals surface area (Å²) in [5, 5.41) is 8.95. The number of alkyl halides is 1. The van der Waals surface area contributed by atoms with Crippen molar-refractivity contribution in [3.05, 3.63) is 22.7 Å². The van der Waals surface area contributed by atoms with Crippen LogP contribution in [0.2, 0.25) is 5.02 Å². The zero-order valence-corrected chi connectivity index (χ0v) is 11.4. The van der Waals surface area contributed by atoms with Crippen molar-refractivity contribution in [3.8, 4) is 11.5 Å². The van der Waals surface area contributed by atoms with Gasteiger partial charge in [-0.25, -0.2) is 9.87 Å². The van der Waals surface area contributed by atoms with Gasteiger partial charge in [-0.1, -0.05) is 18.5 Å². The zero-order valence-electron chi connectivity index (χ0n) is 10.7. The maximum Gasteiger partial charge on any atom is 0.281 e. The molecule has 1 heterocycles. The van der Waals surface area contributed by atoms with E-state index in [0.29, 0.717) is 35.3 Å². The van der Waals surface area contributed by atoms with Crippen LogP contribution < -0.4 is 15.0 Å². The van der Waals surface area contributed by atoms with Crippen molar-refractivity contribution in [2.24, 2.45) is 5.92 Å². The number of amides is 1. The molecule has 0 aromatic heterocycles. The van der Waals surface area contributed by atoms with Gasteiger partial charge in [-0.05, 0) is 17.7 Å². The summed E-state index contributed by atoms with van der Waals surface area (Å²) in [7, 11) is 0. The second-order valence-corrected chi connectivity index (χ2v) is 5.41. The summed E-state index contributed by atoms with van der Waals surface area (Å²) in [6.07, 6.45) is 0. The van der Waals surface area contributed by atoms with Gasteiger partial charge < -0.3 is 9.47 Å². The average molecular weight is 302 g/mol. The summed E-state index contributed by atoms with van der Waals surface area (Å²) < 4.78 is 25.3. The Morgan fingerprint density at radius 1 is 1.50 bits per heavy atom. The van der Waals surface area contributed by atoms with Crippen molar-refractivity contribution < 1.29 is 23.9 Å². The Kier molecular flexibility index (Phi) is 3.02. The summed E-state index contributed by atoms with van der Waals surface area (Å²) in [5.74, 6) is -1.37. The molecule has 1 fully saturated rings. The van der Waals surface area contributed by atoms with Gasteiger partial charge in [0.05, 0.1) is 5.02 Å². The van der Waals surface area contributed by atoms with Crippen molar-refractivity contribution in [3.63, 3.8) is 0 Å². The maximum atomic E-state index is 14.5. The number of nitrogens with one attached hydrogen (secondary N) is 1. The van der Waals surface area contributed by atoms with E-state index in [9.17, 15) is 9.18 Å². The molecule has 1 aromatic rings. The fraction of sp³-hybridized carbons (Fsp3) is 0.462. The van der Waals surface area contributed by atoms with Gasteiger partial charge in [-0.3, -0.25) is 10.0 Å². The smallest absolute Gasteiger partial charge is 0.281 e. The standard InChI is InChI=1S/C13H13ClFNO4/c1-6-10(13(6,15)12(17)16-18)7-4-8(14)11-9(5-7)19-2-3-20-11/h4-6,10,18H,2-3H2,1H3,(H,16,17)/t6-,10+,13-/m1/s1. The van der Waals surface area contributed by atoms with Crippen molar-refractivity contribution in [2.75, 3.05) is 13.2 Å². The molecular weight excluding hydrogens is 289 g/mol. The maximum absolute atomic E-state index is 14.5. The first kappa shape index (κ1) is 13.5. The van der Waals surface area contributed by atoms with E-state index in [-0.39, 0.29) is 0 Å². The Morgan fingerprint density at radius 3 is 2.90 bits per heavy atom. The van der Waals surface area contributed by atoms with E-state index >= 15 is 0 Å². The number of carbonyl (C=O) groups is 1. The molecule has 2 aliphatic rings. The van der Waals surface area contributed by atoms with E-state index in [4.69, 9.17) is 26.3 Å². The van der Waals surface area contributed by atoms with E-state index in [2.05, 4.69) is 0 Å². The van der Waals surface area contributed by atoms with Crippen LogP contribution in [0.5, 0.6) is 11.5 Å². The van der Waals surface area contributed by atoms with Crippen LogP contribution in [0, 0.1) is 5.92 Å². The number of hydrogen-bond donors (Lipinski definition) is 2. The second kappa shape index (κ2) is 4.49. The van der Waals surface area contributed by atoms with Gasteiger partial charge in [-0.15, -0.1) is 0 Å². The van der Waals surface area contributed by atoms with E-state index in [0.717, 1.165) is 0 Å². The normalized spacial score (nSPS) is 30.8. The largest absolute Gasteiger partial charge is 0.486 e. The van der Waals surface area contributed by atoms with Crippen molar-refractivity contribution >= 4 is 17.5 Å². The highest BCUT2D eigenvalue weighted by Gasteiger charge is 2.69. The topological polar surface area (TPSA) is 67.8 Å². The van der Waals surface area contributed by atoms with E-state index < -0.39 is 23.4 Å². The van der Waals surface area contributed by atoms with Crippen LogP contribution in [0.1, 0.15) is 18.4 Å². The molecule has 5 nitrogen and oxygen atoms in total. The highest BCUT2D eigenvalue weighted by Crippen LogP contribution is 2.61. The molecule has 0 unspecified atom stereocenters. The lowest BCUT2D eigenvalue weighted by Crippen LogP contribution is -2.33. The third kappa shape index (κ3) is 1.75. The van der Waals surface area contributed by atoms with Gasteiger partial charge in [0.1, 0.15) is 13.2 Å². The molecule has 20 heavy (non-hydrogen) atoms. The monoisotopic (exact) mass is 301 g/mol. The minimum atomic E-state index is -2.12. The fourth-order valence-electron chi connectivity index (χ4n) is 2.80. The molecule has 1 saturated carbocycles. The van der Waals surface area contributed by atoms with Crippen LogP contribution in [-0.4, -0.2) is 30.0 Å². The van der Waals surface area contributed by atoms with Crippen molar-refractivity contribution in [2.45, 2.75) is 18.5 Å². The predicted octanol–water partition coefficient (Wildman–Crippen LogP) is 2.06. The van der Waals surface area contributed by atoms with Gasteiger partial charge in [-0.2, -0.15) is 0 Å². The van der Waals surface area contributed by atoms with Crippen LogP contribution >= 0.6 is 11.6 Å². The molecule has 1 aliphatic carbocycles. The van der Waals surface area contributed by atoms with E-state index in [1.54, 1.807) is 19.1 Å². The molecule has 0 spiro atoms. The third-order valence-electron chi connectivity index (χ3n) is 3.93. The van der Waals surface area contributed by atoms with Gasteiger partial charge >= 0.3 is 0 Å². The number of benzene rings is 1. The fourth-order valence-corrected chi connectivity index (χ4v) is 3.07. The summed E-state index contributed by atoms with van der Waals surface area (Å²) >= 11 is 6.10. The minimum Gasteiger partial charge on any atom is -0.486 e. The first-order chi connectivity index (χ1) is 9.50. The lowest BCUT2D eigenvalue weighted by molar-refractivity contribution is -0.136. The highest BCUT2D eigenvalue weighted by atomic mass is 35.5. The first-order valence-electron chi connectivity index (χ1n) is 6.22. The van der Waals surface area contributed by atoms with Gasteiger partial charge in [0.25, 0.3) is 5.91 Å². The van der Waals surface area contributed by atoms with Crippen LogP contribution in [0.25, 0.3) is 0 Å². The SMILES string of the molecule is C[C@@H]1[C@@H](c2cc(Cl)c3c(c2)OCCO3)[C@@]1(F)C(=O)NO. The second-order valence-electron chi connectivity index (χ2n) is 5.00. The Morgan fingerprint density at radius 2 is 2.20 bits per heavy atom. The number of halogens is 2. The Balaban J connectivity index is 1.97. The zero-order chi connectivity index (χ0) is 14.5. The molecule has 1 aromatic carbocycles. The lowest BCUT2D eigenvalue weighted by Gasteiger charge is -2.20. The van der Waals surface area contributed by atoms with Crippen LogP contribution in [0.3, 0.4) is 0 Å². The van der Waals surface area contributed by atoms with Crippen LogP contribution in [0.15, 0.2) is 12.1 Å². The number of carbonyl (C=O) groups excluding carboxylic acids is 1. The molecule has 2 N–H and O–H groups in total. The van der Waals surface area contributed by atoms with Gasteiger partial charge in [0.2, 0.25) is 5.67 Å². The Bertz CT molecular complexity index is 582. The minimum absolute atomic E-state index is 0.322. The van der Waals surface area contributed by atoms with Gasteiger partial charge in [0, 0.05) is 11.8 Å².